The van der Waals surface area contributed by atoms with Crippen molar-refractivity contribution in [1.29, 1.82) is 0 Å². The number of amides is 2. The van der Waals surface area contributed by atoms with Crippen LogP contribution in [0.5, 0.6) is 0 Å². The number of aromatic nitrogens is 2. The van der Waals surface area contributed by atoms with Crippen molar-refractivity contribution in [2.75, 3.05) is 31.8 Å². The molecule has 4 aromatic carbocycles. The van der Waals surface area contributed by atoms with Crippen LogP contribution in [-0.2, 0) is 18.9 Å². The topological polar surface area (TPSA) is 90.5 Å². The van der Waals surface area contributed by atoms with Crippen molar-refractivity contribution in [3.8, 4) is 0 Å². The number of hydrogen-bond acceptors (Lipinski definition) is 6. The molecule has 2 N–H and O–H groups in total. The van der Waals surface area contributed by atoms with Crippen LogP contribution >= 0.6 is 0 Å². The number of aryl methyl sites for hydroxylation is 2. The highest BCUT2D eigenvalue weighted by Gasteiger charge is 2.38. The first-order chi connectivity index (χ1) is 26.3. The number of alkyl halides is 6. The molecule has 0 spiro atoms. The van der Waals surface area contributed by atoms with E-state index in [2.05, 4.69) is 20.6 Å². The van der Waals surface area contributed by atoms with Crippen LogP contribution in [-0.4, -0.2) is 52.7 Å². The Kier molecular flexibility index (Phi) is 10.4. The Labute approximate surface area is 314 Å². The predicted molar refractivity (Wildman–Crippen MR) is 196 cm³/mol. The number of fused-ring (bicyclic) bond motifs is 2. The molecule has 2 amide bonds. The van der Waals surface area contributed by atoms with Gasteiger partial charge in [-0.3, -0.25) is 9.59 Å². The molecule has 2 heterocycles. The van der Waals surface area contributed by atoms with Crippen molar-refractivity contribution in [3.63, 3.8) is 0 Å². The van der Waals surface area contributed by atoms with Gasteiger partial charge >= 0.3 is 12.4 Å². The minimum atomic E-state index is -5.14. The van der Waals surface area contributed by atoms with Crippen LogP contribution < -0.4 is 10.6 Å². The second kappa shape index (κ2) is 14.7. The first-order valence-corrected chi connectivity index (χ1v) is 16.8. The number of nitrogens with one attached hydrogen (secondary N) is 2. The molecule has 0 aliphatic carbocycles. The second-order valence-corrected chi connectivity index (χ2v) is 13.3. The number of anilines is 4. The molecule has 8 nitrogen and oxygen atoms in total. The lowest BCUT2D eigenvalue weighted by atomic mass is 10.00. The van der Waals surface area contributed by atoms with Crippen molar-refractivity contribution in [1.82, 2.24) is 19.8 Å². The number of nitrogens with zero attached hydrogens (tertiary/aromatic N) is 4. The van der Waals surface area contributed by atoms with E-state index in [1.54, 1.807) is 58.3 Å². The highest BCUT2D eigenvalue weighted by atomic mass is 19.4. The third-order valence-corrected chi connectivity index (χ3v) is 9.11. The lowest BCUT2D eigenvalue weighted by molar-refractivity contribution is -0.140. The molecule has 6 rings (SSSR count). The second-order valence-electron chi connectivity index (χ2n) is 13.3. The number of pyridine rings is 2. The Morgan fingerprint density at radius 3 is 1.71 bits per heavy atom. The summed E-state index contributed by atoms with van der Waals surface area (Å²) < 4.78 is 114. The third kappa shape index (κ3) is 7.50. The van der Waals surface area contributed by atoms with E-state index in [-0.39, 0.29) is 45.0 Å². The van der Waals surface area contributed by atoms with Crippen molar-refractivity contribution in [3.05, 3.63) is 130 Å². The molecule has 0 aliphatic rings. The SMILES string of the molecule is Cc1cccc2c(Nc3cc(CN(C)C(=O)c4cnc(Nc5cccc(F)c5C(F)(F)F)c5cccc(C)c45)cc(C(F)(F)F)c3F)ncc(C(=O)N(C)C)c12. The number of hydrogen-bond donors (Lipinski definition) is 2. The molecular formula is C40H32F8N6O2. The molecular weight excluding hydrogens is 748 g/mol. The summed E-state index contributed by atoms with van der Waals surface area (Å²) >= 11 is 0. The van der Waals surface area contributed by atoms with E-state index in [4.69, 9.17) is 0 Å². The van der Waals surface area contributed by atoms with Crippen LogP contribution in [0.1, 0.15) is 48.5 Å². The smallest absolute Gasteiger partial charge is 0.345 e. The van der Waals surface area contributed by atoms with Gasteiger partial charge in [0, 0.05) is 61.6 Å². The minimum absolute atomic E-state index is 0.0186. The molecule has 0 radical (unpaired) electrons. The van der Waals surface area contributed by atoms with Crippen molar-refractivity contribution >= 4 is 56.4 Å². The van der Waals surface area contributed by atoms with E-state index in [0.717, 1.165) is 29.3 Å². The predicted octanol–water partition coefficient (Wildman–Crippen LogP) is 10.2. The third-order valence-electron chi connectivity index (χ3n) is 9.11. The van der Waals surface area contributed by atoms with Gasteiger partial charge in [0.1, 0.15) is 23.0 Å². The maximum absolute atomic E-state index is 15.7. The van der Waals surface area contributed by atoms with Crippen LogP contribution in [0.3, 0.4) is 0 Å². The standard InChI is InChI=1S/C40H32F8N6O2/c1-20-9-6-11-23-31(20)25(37(55)53(3)4)17-49-36(23)52-30-16-22(15-27(34(30)42)39(43,44)45)19-54(5)38(56)26-18-50-35(24-12-7-10-21(2)32(24)26)51-29-14-8-13-28(41)33(29)40(46,47)48/h6-18H,19H2,1-5H3,(H,49,52)(H,50,51). The molecule has 0 atom stereocenters. The normalized spacial score (nSPS) is 11.9. The zero-order valence-corrected chi connectivity index (χ0v) is 30.3. The van der Waals surface area contributed by atoms with Gasteiger partial charge in [-0.05, 0) is 54.8 Å². The van der Waals surface area contributed by atoms with Crippen LogP contribution in [0.4, 0.5) is 58.1 Å². The van der Waals surface area contributed by atoms with Crippen LogP contribution in [0.2, 0.25) is 0 Å². The summed E-state index contributed by atoms with van der Waals surface area (Å²) in [6.45, 7) is 2.93. The lowest BCUT2D eigenvalue weighted by Crippen LogP contribution is -2.27. The highest BCUT2D eigenvalue weighted by Crippen LogP contribution is 2.40. The maximum Gasteiger partial charge on any atom is 0.421 e. The zero-order chi connectivity index (χ0) is 40.9. The highest BCUT2D eigenvalue weighted by molar-refractivity contribution is 6.11. The summed E-state index contributed by atoms with van der Waals surface area (Å²) in [5.41, 5.74) is -3.07. The summed E-state index contributed by atoms with van der Waals surface area (Å²) in [6.07, 6.45) is -7.82. The number of halogens is 8. The largest absolute Gasteiger partial charge is 0.421 e. The van der Waals surface area contributed by atoms with Crippen LogP contribution in [0.15, 0.2) is 79.1 Å². The van der Waals surface area contributed by atoms with E-state index < -0.39 is 58.9 Å². The fraction of sp³-hybridized carbons (Fsp3) is 0.200. The molecule has 0 unspecified atom stereocenters. The van der Waals surface area contributed by atoms with Gasteiger partial charge in [-0.15, -0.1) is 0 Å². The molecule has 0 aliphatic heterocycles. The fourth-order valence-electron chi connectivity index (χ4n) is 6.53. The number of rotatable bonds is 8. The van der Waals surface area contributed by atoms with Gasteiger partial charge in [-0.2, -0.15) is 26.3 Å². The molecule has 6 aromatic rings. The van der Waals surface area contributed by atoms with Crippen molar-refractivity contribution in [2.45, 2.75) is 32.7 Å². The van der Waals surface area contributed by atoms with Gasteiger partial charge in [-0.25, -0.2) is 18.7 Å². The van der Waals surface area contributed by atoms with E-state index in [1.807, 2.05) is 0 Å². The minimum Gasteiger partial charge on any atom is -0.345 e. The fourth-order valence-corrected chi connectivity index (χ4v) is 6.53. The van der Waals surface area contributed by atoms with Crippen molar-refractivity contribution < 1.29 is 44.7 Å². The maximum atomic E-state index is 15.7. The molecule has 290 valence electrons. The van der Waals surface area contributed by atoms with E-state index in [9.17, 15) is 40.3 Å². The molecule has 56 heavy (non-hydrogen) atoms. The van der Waals surface area contributed by atoms with E-state index in [0.29, 0.717) is 34.0 Å². The number of benzene rings is 4. The summed E-state index contributed by atoms with van der Waals surface area (Å²) in [5, 5.41) is 6.51. The summed E-state index contributed by atoms with van der Waals surface area (Å²) in [6, 6.07) is 14.2. The summed E-state index contributed by atoms with van der Waals surface area (Å²) in [5.74, 6) is -4.34. The average molecular weight is 781 g/mol. The summed E-state index contributed by atoms with van der Waals surface area (Å²) in [4.78, 5) is 37.8. The molecule has 0 saturated heterocycles. The van der Waals surface area contributed by atoms with Crippen molar-refractivity contribution in [2.24, 2.45) is 0 Å². The molecule has 0 saturated carbocycles. The van der Waals surface area contributed by atoms with Crippen LogP contribution in [0, 0.1) is 25.5 Å². The van der Waals surface area contributed by atoms with E-state index >= 15 is 4.39 Å². The Morgan fingerprint density at radius 2 is 1.20 bits per heavy atom. The number of carbonyl (C=O) groups excluding carboxylic acids is 2. The Morgan fingerprint density at radius 1 is 0.679 bits per heavy atom. The molecule has 0 bridgehead atoms. The van der Waals surface area contributed by atoms with Gasteiger partial charge in [0.2, 0.25) is 0 Å². The Hall–Kier alpha value is -6.32. The van der Waals surface area contributed by atoms with E-state index in [1.165, 1.54) is 24.2 Å². The number of carbonyl (C=O) groups is 2. The molecule has 16 heteroatoms. The average Bonchev–Trinajstić information content (AvgIpc) is 3.12. The monoisotopic (exact) mass is 780 g/mol. The molecule has 2 aromatic heterocycles. The van der Waals surface area contributed by atoms with Gasteiger partial charge in [0.25, 0.3) is 11.8 Å². The van der Waals surface area contributed by atoms with Gasteiger partial charge in [-0.1, -0.05) is 42.5 Å². The Bertz CT molecular complexity index is 2540. The van der Waals surface area contributed by atoms with Crippen LogP contribution in [0.25, 0.3) is 21.5 Å². The molecule has 0 fully saturated rings. The lowest BCUT2D eigenvalue weighted by Gasteiger charge is -2.22. The van der Waals surface area contributed by atoms with Gasteiger partial charge in [0.15, 0.2) is 5.82 Å². The zero-order valence-electron chi connectivity index (χ0n) is 30.3. The van der Waals surface area contributed by atoms with Gasteiger partial charge in [0.05, 0.1) is 28.1 Å². The first kappa shape index (κ1) is 39.4. The first-order valence-electron chi connectivity index (χ1n) is 16.8. The quantitative estimate of drug-likeness (QED) is 0.150. The Balaban J connectivity index is 1.37. The van der Waals surface area contributed by atoms with Gasteiger partial charge < -0.3 is 20.4 Å². The summed E-state index contributed by atoms with van der Waals surface area (Å²) in [7, 11) is 4.41.